The van der Waals surface area contributed by atoms with E-state index in [1.54, 1.807) is 23.5 Å². The number of aliphatic hydroxyl groups excluding tert-OH is 2. The minimum absolute atomic E-state index is 0.0898. The van der Waals surface area contributed by atoms with Gasteiger partial charge in [0.15, 0.2) is 5.60 Å². The maximum Gasteiger partial charge on any atom is 0.336 e. The van der Waals surface area contributed by atoms with Gasteiger partial charge >= 0.3 is 17.9 Å². The Hall–Kier alpha value is -5.35. The summed E-state index contributed by atoms with van der Waals surface area (Å²) in [5.74, 6) is -2.85. The molecule has 6 N–H and O–H groups in total. The molecule has 17 nitrogen and oxygen atoms in total. The van der Waals surface area contributed by atoms with E-state index >= 15 is 0 Å². The van der Waals surface area contributed by atoms with E-state index in [0.717, 1.165) is 88.5 Å². The quantitative estimate of drug-likeness (QED) is 0.0904. The second-order valence-corrected chi connectivity index (χ2v) is 18.0. The fourth-order valence-electron chi connectivity index (χ4n) is 7.62. The number of benzene rings is 4. The number of fused-ring (bicyclic) bond motifs is 4. The largest absolute Gasteiger partial charge is 0.481 e. The lowest BCUT2D eigenvalue weighted by Gasteiger charge is -2.36. The number of aliphatic carboxylic acids is 3. The molecule has 2 fully saturated rings. The van der Waals surface area contributed by atoms with Crippen LogP contribution in [-0.2, 0) is 23.9 Å². The van der Waals surface area contributed by atoms with Crippen molar-refractivity contribution < 1.29 is 54.5 Å². The Morgan fingerprint density at radius 1 is 0.522 bits per heavy atom. The second kappa shape index (κ2) is 25.7. The van der Waals surface area contributed by atoms with E-state index in [1.165, 1.54) is 30.7 Å². The van der Waals surface area contributed by atoms with Gasteiger partial charge in [0.05, 0.1) is 63.9 Å². The van der Waals surface area contributed by atoms with E-state index in [4.69, 9.17) is 50.1 Å². The summed E-state index contributed by atoms with van der Waals surface area (Å²) in [5, 5.41) is 51.4. The number of para-hydroxylation sites is 2. The molecule has 0 amide bonds. The molecule has 4 heterocycles. The smallest absolute Gasteiger partial charge is 0.336 e. The number of carboxylic acids is 3. The van der Waals surface area contributed by atoms with Gasteiger partial charge in [-0.05, 0) is 36.4 Å². The Labute approximate surface area is 398 Å². The molecule has 19 heteroatoms. The van der Waals surface area contributed by atoms with Crippen molar-refractivity contribution in [2.75, 3.05) is 105 Å². The number of hydrogen-bond acceptors (Lipinski definition) is 16. The summed E-state index contributed by atoms with van der Waals surface area (Å²) in [5.41, 5.74) is 1.80. The van der Waals surface area contributed by atoms with Crippen LogP contribution in [0.5, 0.6) is 0 Å². The Morgan fingerprint density at radius 3 is 1.24 bits per heavy atom. The Bertz CT molecular complexity index is 2190. The van der Waals surface area contributed by atoms with E-state index in [-0.39, 0.29) is 13.2 Å². The monoisotopic (exact) mass is 958 g/mol. The molecule has 4 aliphatic rings. The van der Waals surface area contributed by atoms with Crippen LogP contribution in [0.1, 0.15) is 24.0 Å². The van der Waals surface area contributed by atoms with Crippen LogP contribution >= 0.6 is 23.5 Å². The van der Waals surface area contributed by atoms with E-state index < -0.39 is 36.4 Å². The van der Waals surface area contributed by atoms with Crippen molar-refractivity contribution in [2.45, 2.75) is 38.0 Å². The number of aliphatic hydroxyl groups is 3. The second-order valence-electron chi connectivity index (χ2n) is 15.8. The number of carboxylic acid groups (broad SMARTS) is 3. The molecule has 0 saturated carbocycles. The number of aliphatic imine (C=N–C) groups is 2. The minimum Gasteiger partial charge on any atom is -0.481 e. The van der Waals surface area contributed by atoms with Gasteiger partial charge in [0.25, 0.3) is 0 Å². The van der Waals surface area contributed by atoms with Crippen LogP contribution in [-0.4, -0.2) is 191 Å². The summed E-state index contributed by atoms with van der Waals surface area (Å²) >= 11 is 3.60. The van der Waals surface area contributed by atoms with Crippen LogP contribution in [0.3, 0.4) is 0 Å². The molecule has 2 saturated heterocycles. The minimum atomic E-state index is -2.74. The Balaban J connectivity index is 0.000000177. The highest BCUT2D eigenvalue weighted by Crippen LogP contribution is 2.42. The third kappa shape index (κ3) is 14.8. The van der Waals surface area contributed by atoms with Gasteiger partial charge in [-0.3, -0.25) is 19.4 Å². The number of hydrogen-bond donors (Lipinski definition) is 6. The van der Waals surface area contributed by atoms with Crippen molar-refractivity contribution in [1.82, 2.24) is 19.6 Å². The van der Waals surface area contributed by atoms with Crippen LogP contribution in [0.2, 0.25) is 0 Å². The zero-order chi connectivity index (χ0) is 47.6. The first-order chi connectivity index (χ1) is 32.5. The Kier molecular flexibility index (Phi) is 19.6. The van der Waals surface area contributed by atoms with E-state index in [9.17, 15) is 14.4 Å². The number of nitrogens with zero attached hydrogens (tertiary/aromatic N) is 6. The molecule has 0 bridgehead atoms. The maximum atomic E-state index is 10.3. The summed E-state index contributed by atoms with van der Waals surface area (Å²) in [7, 11) is 0. The SMILES string of the molecule is O=C(O)CC(O)(CC(=O)O)C(=O)O.OCCOCCN1CCN(C2=Nc3ccccc3Sc3ccccc32)CC1.OCCOCCN1CCN(C2=Nc3ccccc3Sc3ccccc32)CC1. The molecule has 0 atom stereocenters. The van der Waals surface area contributed by atoms with Gasteiger partial charge in [0.2, 0.25) is 0 Å². The van der Waals surface area contributed by atoms with Gasteiger partial charge in [-0.2, -0.15) is 0 Å². The van der Waals surface area contributed by atoms with Crippen molar-refractivity contribution in [3.63, 3.8) is 0 Å². The van der Waals surface area contributed by atoms with Crippen LogP contribution < -0.4 is 0 Å². The molecule has 358 valence electrons. The predicted octanol–water partition coefficient (Wildman–Crippen LogP) is 4.46. The lowest BCUT2D eigenvalue weighted by molar-refractivity contribution is -0.170. The maximum absolute atomic E-state index is 10.3. The highest BCUT2D eigenvalue weighted by atomic mass is 32.2. The molecule has 0 aromatic heterocycles. The summed E-state index contributed by atoms with van der Waals surface area (Å²) in [6, 6.07) is 33.9. The molecule has 0 unspecified atom stereocenters. The average molecular weight is 959 g/mol. The molecule has 67 heavy (non-hydrogen) atoms. The predicted molar refractivity (Wildman–Crippen MR) is 255 cm³/mol. The molecule has 0 aliphatic carbocycles. The lowest BCUT2D eigenvalue weighted by Crippen LogP contribution is -2.49. The zero-order valence-corrected chi connectivity index (χ0v) is 38.8. The molecule has 4 aromatic carbocycles. The number of ether oxygens (including phenoxy) is 2. The third-order valence-corrected chi connectivity index (χ3v) is 13.4. The fraction of sp³-hybridized carbons (Fsp3) is 0.396. The van der Waals surface area contributed by atoms with Gasteiger partial charge in [-0.25, -0.2) is 14.8 Å². The number of amidine groups is 2. The van der Waals surface area contributed by atoms with Crippen LogP contribution in [0, 0.1) is 0 Å². The topological polar surface area (TPSA) is 229 Å². The Morgan fingerprint density at radius 2 is 0.881 bits per heavy atom. The average Bonchev–Trinajstić information content (AvgIpc) is 3.60. The van der Waals surface area contributed by atoms with Crippen LogP contribution in [0.4, 0.5) is 11.4 Å². The summed E-state index contributed by atoms with van der Waals surface area (Å²) in [6.07, 6.45) is -2.29. The normalized spacial score (nSPS) is 15.9. The van der Waals surface area contributed by atoms with Crippen molar-refractivity contribution in [3.05, 3.63) is 108 Å². The van der Waals surface area contributed by atoms with Crippen LogP contribution in [0.15, 0.2) is 127 Å². The zero-order valence-electron chi connectivity index (χ0n) is 37.2. The number of rotatable bonds is 15. The first-order valence-electron chi connectivity index (χ1n) is 22.1. The fourth-order valence-corrected chi connectivity index (χ4v) is 9.66. The molecule has 4 aliphatic heterocycles. The van der Waals surface area contributed by atoms with Crippen LogP contribution in [0.25, 0.3) is 0 Å². The van der Waals surface area contributed by atoms with E-state index in [2.05, 4.69) is 117 Å². The first kappa shape index (κ1) is 51.0. The molecule has 0 radical (unpaired) electrons. The summed E-state index contributed by atoms with van der Waals surface area (Å²) in [6.45, 7) is 12.0. The molecule has 4 aromatic rings. The summed E-state index contributed by atoms with van der Waals surface area (Å²) in [4.78, 5) is 55.2. The number of piperazine rings is 2. The van der Waals surface area contributed by atoms with Crippen molar-refractivity contribution in [2.24, 2.45) is 9.98 Å². The van der Waals surface area contributed by atoms with Crippen molar-refractivity contribution >= 4 is 64.5 Å². The van der Waals surface area contributed by atoms with Gasteiger partial charge in [0, 0.05) is 96.2 Å². The first-order valence-corrected chi connectivity index (χ1v) is 23.7. The van der Waals surface area contributed by atoms with Gasteiger partial charge < -0.3 is 49.9 Å². The van der Waals surface area contributed by atoms with Gasteiger partial charge in [-0.1, -0.05) is 84.2 Å². The molecule has 8 rings (SSSR count). The number of carbonyl (C=O) groups is 3. The van der Waals surface area contributed by atoms with Gasteiger partial charge in [-0.15, -0.1) is 0 Å². The van der Waals surface area contributed by atoms with Gasteiger partial charge in [0.1, 0.15) is 11.7 Å². The van der Waals surface area contributed by atoms with Crippen molar-refractivity contribution in [3.8, 4) is 0 Å². The lowest BCUT2D eigenvalue weighted by atomic mass is 9.96. The molecule has 0 spiro atoms. The van der Waals surface area contributed by atoms with E-state index in [1.807, 2.05) is 0 Å². The van der Waals surface area contributed by atoms with Crippen molar-refractivity contribution in [1.29, 1.82) is 0 Å². The van der Waals surface area contributed by atoms with E-state index in [0.29, 0.717) is 26.4 Å². The third-order valence-electron chi connectivity index (χ3n) is 11.1. The summed E-state index contributed by atoms with van der Waals surface area (Å²) < 4.78 is 10.8. The highest BCUT2D eigenvalue weighted by Gasteiger charge is 2.41. The molecular weight excluding hydrogens is 901 g/mol. The molecular formula is C48H58N6O11S2. The highest BCUT2D eigenvalue weighted by molar-refractivity contribution is 7.99. The standard InChI is InChI=1S/2C21H25N3O2S.C6H8O7/c2*25-14-16-26-15-13-23-9-11-24(12-10-23)21-17-5-1-3-7-19(17)27-20-8-4-2-6-18(20)22-21;7-3(8)1-6(13,5(11)12)2-4(9)10/h2*1-8,25H,9-16H2;13H,1-2H2,(H,7,8)(H,9,10)(H,11,12).